The van der Waals surface area contributed by atoms with E-state index >= 15 is 0 Å². The molecular formula is C30H27F2N3O3. The number of carbonyl (C=O) groups is 1. The smallest absolute Gasteiger partial charge is 0.306 e. The van der Waals surface area contributed by atoms with Crippen LogP contribution in [0.15, 0.2) is 73.1 Å². The lowest BCUT2D eigenvalue weighted by molar-refractivity contribution is -0.143. The zero-order valence-electron chi connectivity index (χ0n) is 21.1. The van der Waals surface area contributed by atoms with Crippen molar-refractivity contribution in [2.24, 2.45) is 0 Å². The second kappa shape index (κ2) is 10.9. The number of nitrogens with zero attached hydrogens (tertiary/aromatic N) is 2. The first-order valence-electron chi connectivity index (χ1n) is 12.4. The summed E-state index contributed by atoms with van der Waals surface area (Å²) in [5, 5.41) is 5.12. The molecular weight excluding hydrogens is 488 g/mol. The highest BCUT2D eigenvalue weighted by molar-refractivity contribution is 5.85. The maximum Gasteiger partial charge on any atom is 0.306 e. The van der Waals surface area contributed by atoms with Crippen LogP contribution in [0.1, 0.15) is 30.0 Å². The third-order valence-corrected chi connectivity index (χ3v) is 6.38. The van der Waals surface area contributed by atoms with Crippen LogP contribution < -0.4 is 4.74 Å². The monoisotopic (exact) mass is 515 g/mol. The minimum Gasteiger partial charge on any atom is -0.466 e. The summed E-state index contributed by atoms with van der Waals surface area (Å²) in [6.45, 7) is 4.27. The summed E-state index contributed by atoms with van der Waals surface area (Å²) in [4.78, 5) is 14.7. The van der Waals surface area contributed by atoms with Gasteiger partial charge in [0, 0.05) is 40.7 Å². The van der Waals surface area contributed by atoms with Crippen molar-refractivity contribution in [3.8, 4) is 22.8 Å². The molecule has 0 aliphatic heterocycles. The van der Waals surface area contributed by atoms with Gasteiger partial charge in [0.05, 0.1) is 19.3 Å². The average Bonchev–Trinajstić information content (AvgIpc) is 3.52. The molecule has 0 bridgehead atoms. The molecule has 0 fully saturated rings. The van der Waals surface area contributed by atoms with E-state index in [2.05, 4.69) is 10.1 Å². The number of carbonyl (C=O) groups excluding carboxylic acids is 1. The first-order chi connectivity index (χ1) is 18.4. The van der Waals surface area contributed by atoms with Gasteiger partial charge in [0.2, 0.25) is 0 Å². The minimum absolute atomic E-state index is 0.128. The Hall–Kier alpha value is -4.46. The fraction of sp³-hybridized carbons (Fsp3) is 0.200. The maximum atomic E-state index is 14.9. The minimum atomic E-state index is -0.484. The molecule has 0 radical (unpaired) electrons. The number of H-pyrrole nitrogens is 1. The molecule has 3 aromatic carbocycles. The molecule has 1 N–H and O–H groups in total. The third kappa shape index (κ3) is 5.29. The molecule has 5 rings (SSSR count). The summed E-state index contributed by atoms with van der Waals surface area (Å²) < 4.78 is 42.3. The summed E-state index contributed by atoms with van der Waals surface area (Å²) in [5.74, 6) is -0.687. The SMILES string of the molecule is CCOC(=O)CCc1cccc(Cn2ncc(F)c2-c2cccc(Oc3c(F)cc4[nH]ccc4c3C)c2)c1. The molecule has 2 aromatic heterocycles. The van der Waals surface area contributed by atoms with Crippen molar-refractivity contribution in [3.05, 3.63) is 101 Å². The number of ether oxygens (including phenoxy) is 2. The van der Waals surface area contributed by atoms with E-state index < -0.39 is 11.6 Å². The zero-order chi connectivity index (χ0) is 26.6. The standard InChI is InChI=1S/C30H27F2N3O3/c1-3-37-28(36)11-10-20-6-4-7-21(14-20)18-35-29(26(32)17-34-35)22-8-5-9-23(15-22)38-30-19(2)24-12-13-33-27(24)16-25(30)31/h4-9,12-17,33H,3,10-11,18H2,1-2H3. The molecule has 0 unspecified atom stereocenters. The van der Waals surface area contributed by atoms with Crippen LogP contribution in [0.4, 0.5) is 8.78 Å². The molecule has 38 heavy (non-hydrogen) atoms. The Kier molecular flexibility index (Phi) is 7.22. The Balaban J connectivity index is 1.39. The lowest BCUT2D eigenvalue weighted by Crippen LogP contribution is -2.06. The van der Waals surface area contributed by atoms with E-state index in [1.807, 2.05) is 30.3 Å². The van der Waals surface area contributed by atoms with Gasteiger partial charge in [-0.25, -0.2) is 8.78 Å². The highest BCUT2D eigenvalue weighted by Gasteiger charge is 2.17. The molecule has 0 amide bonds. The Morgan fingerprint density at radius 1 is 1.03 bits per heavy atom. The summed E-state index contributed by atoms with van der Waals surface area (Å²) in [7, 11) is 0. The van der Waals surface area contributed by atoms with Crippen LogP contribution in [0.3, 0.4) is 0 Å². The number of aromatic nitrogens is 3. The number of fused-ring (bicyclic) bond motifs is 1. The van der Waals surface area contributed by atoms with Gasteiger partial charge in [0.1, 0.15) is 11.4 Å². The molecule has 0 atom stereocenters. The molecule has 0 saturated carbocycles. The second-order valence-corrected chi connectivity index (χ2v) is 9.01. The van der Waals surface area contributed by atoms with Crippen LogP contribution >= 0.6 is 0 Å². The summed E-state index contributed by atoms with van der Waals surface area (Å²) in [6.07, 6.45) is 3.78. The number of halogens is 2. The zero-order valence-corrected chi connectivity index (χ0v) is 21.1. The molecule has 8 heteroatoms. The van der Waals surface area contributed by atoms with Crippen LogP contribution in [-0.2, 0) is 22.5 Å². The quantitative estimate of drug-likeness (QED) is 0.216. The Morgan fingerprint density at radius 3 is 2.68 bits per heavy atom. The first kappa shape index (κ1) is 25.2. The number of rotatable bonds is 9. The number of benzene rings is 3. The number of esters is 1. The van der Waals surface area contributed by atoms with Gasteiger partial charge in [-0.3, -0.25) is 9.48 Å². The molecule has 5 aromatic rings. The maximum absolute atomic E-state index is 14.9. The van der Waals surface area contributed by atoms with E-state index in [1.54, 1.807) is 49.0 Å². The van der Waals surface area contributed by atoms with Gasteiger partial charge in [0.25, 0.3) is 0 Å². The van der Waals surface area contributed by atoms with Crippen molar-refractivity contribution < 1.29 is 23.0 Å². The van der Waals surface area contributed by atoms with Crippen molar-refractivity contribution in [1.29, 1.82) is 0 Å². The number of aryl methyl sites for hydroxylation is 2. The molecule has 0 aliphatic carbocycles. The third-order valence-electron chi connectivity index (χ3n) is 6.38. The van der Waals surface area contributed by atoms with Gasteiger partial charge >= 0.3 is 5.97 Å². The van der Waals surface area contributed by atoms with Gasteiger partial charge < -0.3 is 14.5 Å². The number of hydrogen-bond acceptors (Lipinski definition) is 4. The van der Waals surface area contributed by atoms with Crippen molar-refractivity contribution in [2.45, 2.75) is 33.2 Å². The Morgan fingerprint density at radius 2 is 1.84 bits per heavy atom. The van der Waals surface area contributed by atoms with Crippen molar-refractivity contribution in [2.75, 3.05) is 6.61 Å². The summed E-state index contributed by atoms with van der Waals surface area (Å²) in [6, 6.07) is 17.9. The molecule has 6 nitrogen and oxygen atoms in total. The molecule has 0 aliphatic rings. The van der Waals surface area contributed by atoms with Gasteiger partial charge in [0.15, 0.2) is 17.4 Å². The van der Waals surface area contributed by atoms with Crippen LogP contribution in [0.2, 0.25) is 0 Å². The van der Waals surface area contributed by atoms with Gasteiger partial charge in [-0.15, -0.1) is 0 Å². The van der Waals surface area contributed by atoms with Crippen molar-refractivity contribution >= 4 is 16.9 Å². The van der Waals surface area contributed by atoms with Gasteiger partial charge in [-0.1, -0.05) is 36.4 Å². The summed E-state index contributed by atoms with van der Waals surface area (Å²) >= 11 is 0. The lowest BCUT2D eigenvalue weighted by atomic mass is 10.1. The topological polar surface area (TPSA) is 69.1 Å². The van der Waals surface area contributed by atoms with Crippen molar-refractivity contribution in [3.63, 3.8) is 0 Å². The van der Waals surface area contributed by atoms with Crippen molar-refractivity contribution in [1.82, 2.24) is 14.8 Å². The van der Waals surface area contributed by atoms with E-state index in [0.717, 1.165) is 16.5 Å². The van der Waals surface area contributed by atoms with Crippen LogP contribution in [0, 0.1) is 18.6 Å². The molecule has 0 spiro atoms. The lowest BCUT2D eigenvalue weighted by Gasteiger charge is -2.13. The second-order valence-electron chi connectivity index (χ2n) is 9.01. The van der Waals surface area contributed by atoms with Gasteiger partial charge in [-0.2, -0.15) is 5.10 Å². The number of hydrogen-bond donors (Lipinski definition) is 1. The van der Waals surface area contributed by atoms with Gasteiger partial charge in [-0.05, 0) is 49.6 Å². The highest BCUT2D eigenvalue weighted by Crippen LogP contribution is 2.35. The predicted molar refractivity (Wildman–Crippen MR) is 141 cm³/mol. The van der Waals surface area contributed by atoms with E-state index in [0.29, 0.717) is 54.1 Å². The highest BCUT2D eigenvalue weighted by atomic mass is 19.1. The van der Waals surface area contributed by atoms with Crippen LogP contribution in [-0.4, -0.2) is 27.3 Å². The van der Waals surface area contributed by atoms with E-state index in [-0.39, 0.29) is 11.7 Å². The largest absolute Gasteiger partial charge is 0.466 e. The van der Waals surface area contributed by atoms with Crippen LogP contribution in [0.25, 0.3) is 22.2 Å². The fourth-order valence-corrected chi connectivity index (χ4v) is 4.58. The number of aromatic amines is 1. The predicted octanol–water partition coefficient (Wildman–Crippen LogP) is 6.95. The molecule has 0 saturated heterocycles. The molecule has 194 valence electrons. The molecule has 2 heterocycles. The first-order valence-corrected chi connectivity index (χ1v) is 12.4. The number of nitrogens with one attached hydrogen (secondary N) is 1. The summed E-state index contributed by atoms with van der Waals surface area (Å²) in [5.41, 5.74) is 4.11. The van der Waals surface area contributed by atoms with E-state index in [9.17, 15) is 13.6 Å². The van der Waals surface area contributed by atoms with E-state index in [1.165, 1.54) is 12.3 Å². The van der Waals surface area contributed by atoms with E-state index in [4.69, 9.17) is 9.47 Å². The Labute approximate surface area is 218 Å². The average molecular weight is 516 g/mol. The Bertz CT molecular complexity index is 1610. The van der Waals surface area contributed by atoms with Crippen LogP contribution in [0.5, 0.6) is 11.5 Å². The fourth-order valence-electron chi connectivity index (χ4n) is 4.58. The normalized spacial score (nSPS) is 11.2.